The second kappa shape index (κ2) is 10.4. The Hall–Kier alpha value is -2.41. The minimum Gasteiger partial charge on any atom is -0.508 e. The van der Waals surface area contributed by atoms with Gasteiger partial charge in [0.1, 0.15) is 5.75 Å². The summed E-state index contributed by atoms with van der Waals surface area (Å²) in [4.78, 5) is 16.8. The molecule has 7 heteroatoms. The molecule has 0 radical (unpaired) electrons. The molecule has 1 aliphatic rings. The predicted molar refractivity (Wildman–Crippen MR) is 116 cm³/mol. The van der Waals surface area contributed by atoms with E-state index in [0.29, 0.717) is 13.0 Å². The van der Waals surface area contributed by atoms with Crippen molar-refractivity contribution in [2.24, 2.45) is 5.10 Å². The van der Waals surface area contributed by atoms with Crippen LogP contribution in [0.1, 0.15) is 24.5 Å². The molecule has 1 amide bonds. The van der Waals surface area contributed by atoms with Crippen LogP contribution in [0.3, 0.4) is 0 Å². The summed E-state index contributed by atoms with van der Waals surface area (Å²) in [7, 11) is 0. The standard InChI is InChI=1S/C22H27ClN4O2/c1-2-21(17-7-9-19(28)10-8-17)24-25-22(29)16-27-13-11-26(12-14-27)15-18-5-3-4-6-20(18)23/h3-10,28H,2,11-16H2,1H3,(H,25,29)/b24-21-. The van der Waals surface area contributed by atoms with Gasteiger partial charge in [-0.25, -0.2) is 5.43 Å². The minimum absolute atomic E-state index is 0.116. The number of carbonyl (C=O) groups excluding carboxylic acids is 1. The summed E-state index contributed by atoms with van der Waals surface area (Å²) in [5, 5.41) is 14.5. The van der Waals surface area contributed by atoms with Gasteiger partial charge in [-0.2, -0.15) is 5.10 Å². The number of piperazine rings is 1. The van der Waals surface area contributed by atoms with Crippen LogP contribution in [0.25, 0.3) is 0 Å². The van der Waals surface area contributed by atoms with Crippen LogP contribution in [0.4, 0.5) is 0 Å². The molecular formula is C22H27ClN4O2. The maximum Gasteiger partial charge on any atom is 0.254 e. The Morgan fingerprint density at radius 3 is 2.38 bits per heavy atom. The summed E-state index contributed by atoms with van der Waals surface area (Å²) in [5.41, 5.74) is 5.47. The maximum absolute atomic E-state index is 12.3. The van der Waals surface area contributed by atoms with E-state index in [1.807, 2.05) is 25.1 Å². The molecule has 1 saturated heterocycles. The molecule has 0 saturated carbocycles. The number of amides is 1. The van der Waals surface area contributed by atoms with Crippen molar-refractivity contribution < 1.29 is 9.90 Å². The summed E-state index contributed by atoms with van der Waals surface area (Å²) in [5.74, 6) is 0.0937. The monoisotopic (exact) mass is 414 g/mol. The lowest BCUT2D eigenvalue weighted by atomic mass is 10.1. The van der Waals surface area contributed by atoms with Crippen LogP contribution < -0.4 is 5.43 Å². The van der Waals surface area contributed by atoms with E-state index in [-0.39, 0.29) is 11.7 Å². The molecule has 0 spiro atoms. The molecule has 29 heavy (non-hydrogen) atoms. The summed E-state index contributed by atoms with van der Waals surface area (Å²) in [6.45, 7) is 6.61. The molecule has 0 aromatic heterocycles. The topological polar surface area (TPSA) is 68.2 Å². The first-order valence-corrected chi connectivity index (χ1v) is 10.3. The summed E-state index contributed by atoms with van der Waals surface area (Å²) in [6, 6.07) is 14.7. The van der Waals surface area contributed by atoms with Crippen LogP contribution in [0.2, 0.25) is 5.02 Å². The Kier molecular flexibility index (Phi) is 7.63. The summed E-state index contributed by atoms with van der Waals surface area (Å²) >= 11 is 6.25. The average Bonchev–Trinajstić information content (AvgIpc) is 2.73. The Labute approximate surface area is 176 Å². The van der Waals surface area contributed by atoms with Gasteiger partial charge in [0.25, 0.3) is 5.91 Å². The quantitative estimate of drug-likeness (QED) is 0.539. The zero-order valence-electron chi connectivity index (χ0n) is 16.6. The van der Waals surface area contributed by atoms with E-state index in [4.69, 9.17) is 11.6 Å². The molecule has 0 unspecified atom stereocenters. The summed E-state index contributed by atoms with van der Waals surface area (Å²) < 4.78 is 0. The van der Waals surface area contributed by atoms with E-state index in [0.717, 1.165) is 54.6 Å². The summed E-state index contributed by atoms with van der Waals surface area (Å²) in [6.07, 6.45) is 0.686. The number of benzene rings is 2. The van der Waals surface area contributed by atoms with E-state index in [1.165, 1.54) is 0 Å². The van der Waals surface area contributed by atoms with Gasteiger partial charge < -0.3 is 5.11 Å². The normalized spacial score (nSPS) is 16.0. The first-order valence-electron chi connectivity index (χ1n) is 9.88. The number of nitrogens with zero attached hydrogens (tertiary/aromatic N) is 3. The van der Waals surface area contributed by atoms with Crippen LogP contribution in [0, 0.1) is 0 Å². The Morgan fingerprint density at radius 1 is 1.07 bits per heavy atom. The van der Waals surface area contributed by atoms with Crippen LogP contribution in [-0.4, -0.2) is 59.2 Å². The number of nitrogens with one attached hydrogen (secondary N) is 1. The molecule has 2 aromatic rings. The fourth-order valence-electron chi connectivity index (χ4n) is 3.34. The Balaban J connectivity index is 1.45. The highest BCUT2D eigenvalue weighted by Crippen LogP contribution is 2.18. The van der Waals surface area contributed by atoms with Crippen molar-refractivity contribution in [2.45, 2.75) is 19.9 Å². The number of hydrazone groups is 1. The second-order valence-electron chi connectivity index (χ2n) is 7.14. The van der Waals surface area contributed by atoms with Gasteiger partial charge in [-0.1, -0.05) is 36.7 Å². The fourth-order valence-corrected chi connectivity index (χ4v) is 3.54. The Bertz CT molecular complexity index is 846. The van der Waals surface area contributed by atoms with E-state index in [1.54, 1.807) is 24.3 Å². The first kappa shape index (κ1) is 21.3. The lowest BCUT2D eigenvalue weighted by Crippen LogP contribution is -2.48. The van der Waals surface area contributed by atoms with Crippen LogP contribution in [0.15, 0.2) is 53.6 Å². The van der Waals surface area contributed by atoms with Gasteiger partial charge in [0.2, 0.25) is 0 Å². The molecule has 1 aliphatic heterocycles. The highest BCUT2D eigenvalue weighted by Gasteiger charge is 2.19. The van der Waals surface area contributed by atoms with Crippen LogP contribution in [-0.2, 0) is 11.3 Å². The zero-order chi connectivity index (χ0) is 20.6. The lowest BCUT2D eigenvalue weighted by Gasteiger charge is -2.34. The molecule has 1 heterocycles. The fraction of sp³-hybridized carbons (Fsp3) is 0.364. The largest absolute Gasteiger partial charge is 0.508 e. The van der Waals surface area contributed by atoms with Crippen LogP contribution in [0.5, 0.6) is 5.75 Å². The first-order chi connectivity index (χ1) is 14.0. The molecule has 0 bridgehead atoms. The third-order valence-corrected chi connectivity index (χ3v) is 5.40. The van der Waals surface area contributed by atoms with Gasteiger partial charge in [0.05, 0.1) is 12.3 Å². The molecule has 2 aromatic carbocycles. The average molecular weight is 415 g/mol. The number of hydrogen-bond acceptors (Lipinski definition) is 5. The van der Waals surface area contributed by atoms with Crippen molar-refractivity contribution in [3.63, 3.8) is 0 Å². The van der Waals surface area contributed by atoms with E-state index < -0.39 is 0 Å². The van der Waals surface area contributed by atoms with Gasteiger partial charge in [-0.15, -0.1) is 0 Å². The maximum atomic E-state index is 12.3. The van der Waals surface area contributed by atoms with Gasteiger partial charge >= 0.3 is 0 Å². The third kappa shape index (κ3) is 6.29. The smallest absolute Gasteiger partial charge is 0.254 e. The zero-order valence-corrected chi connectivity index (χ0v) is 17.4. The van der Waals surface area contributed by atoms with Crippen LogP contribution >= 0.6 is 11.6 Å². The molecule has 3 rings (SSSR count). The van der Waals surface area contributed by atoms with E-state index >= 15 is 0 Å². The number of phenolic OH excluding ortho intramolecular Hbond substituents is 1. The number of hydrogen-bond donors (Lipinski definition) is 2. The van der Waals surface area contributed by atoms with Gasteiger partial charge in [-0.05, 0) is 47.9 Å². The number of carbonyl (C=O) groups is 1. The van der Waals surface area contributed by atoms with Crippen molar-refractivity contribution in [2.75, 3.05) is 32.7 Å². The van der Waals surface area contributed by atoms with E-state index in [2.05, 4.69) is 26.4 Å². The number of phenols is 1. The highest BCUT2D eigenvalue weighted by molar-refractivity contribution is 6.31. The van der Waals surface area contributed by atoms with Crippen molar-refractivity contribution in [1.29, 1.82) is 0 Å². The molecule has 1 fully saturated rings. The van der Waals surface area contributed by atoms with Gasteiger partial charge in [-0.3, -0.25) is 14.6 Å². The molecule has 0 aliphatic carbocycles. The molecule has 0 atom stereocenters. The predicted octanol–water partition coefficient (Wildman–Crippen LogP) is 3.09. The third-order valence-electron chi connectivity index (χ3n) is 5.03. The SMILES string of the molecule is CC/C(=N/NC(=O)CN1CCN(Cc2ccccc2Cl)CC1)c1ccc(O)cc1. The molecular weight excluding hydrogens is 388 g/mol. The van der Waals surface area contributed by atoms with E-state index in [9.17, 15) is 9.90 Å². The minimum atomic E-state index is -0.116. The van der Waals surface area contributed by atoms with Crippen molar-refractivity contribution in [3.05, 3.63) is 64.7 Å². The highest BCUT2D eigenvalue weighted by atomic mass is 35.5. The number of aromatic hydroxyl groups is 1. The molecule has 154 valence electrons. The lowest BCUT2D eigenvalue weighted by molar-refractivity contribution is -0.122. The van der Waals surface area contributed by atoms with Gasteiger partial charge in [0.15, 0.2) is 0 Å². The molecule has 6 nitrogen and oxygen atoms in total. The second-order valence-corrected chi connectivity index (χ2v) is 7.54. The number of halogens is 1. The van der Waals surface area contributed by atoms with Crippen molar-refractivity contribution in [3.8, 4) is 5.75 Å². The van der Waals surface area contributed by atoms with Crippen molar-refractivity contribution >= 4 is 23.2 Å². The number of rotatable bonds is 7. The van der Waals surface area contributed by atoms with Gasteiger partial charge in [0, 0.05) is 37.7 Å². The Morgan fingerprint density at radius 2 is 1.72 bits per heavy atom. The van der Waals surface area contributed by atoms with Crippen molar-refractivity contribution in [1.82, 2.24) is 15.2 Å². The molecule has 2 N–H and O–H groups in total.